The first-order chi connectivity index (χ1) is 24.8. The van der Waals surface area contributed by atoms with Gasteiger partial charge in [-0.05, 0) is 91.3 Å². The first kappa shape index (κ1) is 29.2. The van der Waals surface area contributed by atoms with Crippen LogP contribution in [-0.2, 0) is 0 Å². The van der Waals surface area contributed by atoms with Gasteiger partial charge < -0.3 is 13.7 Å². The van der Waals surface area contributed by atoms with Crippen molar-refractivity contribution in [2.45, 2.75) is 12.5 Å². The molecule has 0 N–H and O–H groups in total. The van der Waals surface area contributed by atoms with Crippen LogP contribution in [-0.4, -0.2) is 35.9 Å². The lowest BCUT2D eigenvalue weighted by molar-refractivity contribution is 0.607. The second-order valence-corrected chi connectivity index (χ2v) is 11.7. The van der Waals surface area contributed by atoms with Crippen molar-refractivity contribution in [1.29, 1.82) is 0 Å². The van der Waals surface area contributed by atoms with E-state index in [1.54, 1.807) is 12.4 Å². The summed E-state index contributed by atoms with van der Waals surface area (Å²) >= 11 is 0. The monoisotopic (exact) mass is 652 g/mol. The Morgan fingerprint density at radius 1 is 0.540 bits per heavy atom. The molecule has 240 valence electrons. The predicted octanol–water partition coefficient (Wildman–Crippen LogP) is 9.38. The summed E-state index contributed by atoms with van der Waals surface area (Å²) in [4.78, 5) is 31.9. The largest absolute Gasteiger partial charge is 0.418 e. The second kappa shape index (κ2) is 12.6. The lowest BCUT2D eigenvalue weighted by Gasteiger charge is -2.32. The minimum atomic E-state index is 0.0775. The van der Waals surface area contributed by atoms with Crippen molar-refractivity contribution in [1.82, 2.24) is 29.9 Å². The maximum Gasteiger partial charge on any atom is 0.247 e. The number of benzene rings is 3. The summed E-state index contributed by atoms with van der Waals surface area (Å²) in [5.74, 6) is 1.59. The van der Waals surface area contributed by atoms with E-state index in [9.17, 15) is 0 Å². The van der Waals surface area contributed by atoms with Crippen molar-refractivity contribution in [3.05, 3.63) is 152 Å². The van der Waals surface area contributed by atoms with Crippen molar-refractivity contribution in [2.24, 2.45) is 0 Å². The Morgan fingerprint density at radius 2 is 1.12 bits per heavy atom. The second-order valence-electron chi connectivity index (χ2n) is 11.7. The van der Waals surface area contributed by atoms with Crippen LogP contribution >= 0.6 is 0 Å². The van der Waals surface area contributed by atoms with Crippen LogP contribution < -0.4 is 9.80 Å². The van der Waals surface area contributed by atoms with Gasteiger partial charge in [-0.2, -0.15) is 0 Å². The molecule has 10 nitrogen and oxygen atoms in total. The van der Waals surface area contributed by atoms with Crippen LogP contribution in [0.2, 0.25) is 0 Å². The molecule has 0 bridgehead atoms. The van der Waals surface area contributed by atoms with Gasteiger partial charge in [-0.1, -0.05) is 42.5 Å². The summed E-state index contributed by atoms with van der Waals surface area (Å²) in [7, 11) is 0. The minimum absolute atomic E-state index is 0.0775. The number of oxazole rings is 2. The third kappa shape index (κ3) is 5.54. The first-order valence-corrected chi connectivity index (χ1v) is 16.2. The number of rotatable bonds is 8. The molecule has 0 fully saturated rings. The van der Waals surface area contributed by atoms with Gasteiger partial charge in [0.05, 0.1) is 24.1 Å². The molecule has 0 spiro atoms. The van der Waals surface area contributed by atoms with Gasteiger partial charge in [-0.15, -0.1) is 0 Å². The normalized spacial score (nSPS) is 14.0. The number of anilines is 5. The van der Waals surface area contributed by atoms with Crippen molar-refractivity contribution in [3.8, 4) is 22.9 Å². The Hall–Kier alpha value is -6.94. The third-order valence-corrected chi connectivity index (χ3v) is 8.50. The van der Waals surface area contributed by atoms with E-state index in [2.05, 4.69) is 61.3 Å². The van der Waals surface area contributed by atoms with E-state index >= 15 is 0 Å². The quantitative estimate of drug-likeness (QED) is 0.157. The van der Waals surface area contributed by atoms with Gasteiger partial charge in [-0.3, -0.25) is 4.90 Å². The highest BCUT2D eigenvalue weighted by molar-refractivity contribution is 5.77. The molecule has 0 saturated heterocycles. The van der Waals surface area contributed by atoms with E-state index in [4.69, 9.17) is 18.8 Å². The molecule has 3 aromatic carbocycles. The van der Waals surface area contributed by atoms with Gasteiger partial charge in [0.1, 0.15) is 11.0 Å². The van der Waals surface area contributed by atoms with Gasteiger partial charge in [0.2, 0.25) is 29.2 Å². The molecule has 1 unspecified atom stereocenters. The van der Waals surface area contributed by atoms with Gasteiger partial charge >= 0.3 is 0 Å². The number of fused-ring (bicyclic) bond motifs is 2. The minimum Gasteiger partial charge on any atom is -0.418 e. The number of pyridine rings is 2. The van der Waals surface area contributed by atoms with E-state index in [0.29, 0.717) is 29.2 Å². The zero-order valence-electron chi connectivity index (χ0n) is 26.6. The Kier molecular flexibility index (Phi) is 7.35. The Morgan fingerprint density at radius 3 is 1.68 bits per heavy atom. The van der Waals surface area contributed by atoms with Crippen LogP contribution in [0.3, 0.4) is 0 Å². The zero-order chi connectivity index (χ0) is 33.3. The summed E-state index contributed by atoms with van der Waals surface area (Å²) < 4.78 is 11.8. The van der Waals surface area contributed by atoms with Crippen LogP contribution in [0.5, 0.6) is 0 Å². The highest BCUT2D eigenvalue weighted by atomic mass is 16.4. The molecule has 0 saturated carbocycles. The molecule has 1 aliphatic rings. The summed E-state index contributed by atoms with van der Waals surface area (Å²) in [6.45, 7) is 0. The molecule has 0 radical (unpaired) electrons. The molecule has 50 heavy (non-hydrogen) atoms. The molecule has 8 aromatic rings. The van der Waals surface area contributed by atoms with Crippen LogP contribution in [0.15, 0.2) is 161 Å². The number of hydrogen-bond acceptors (Lipinski definition) is 10. The fourth-order valence-electron chi connectivity index (χ4n) is 6.11. The molecule has 5 heterocycles. The van der Waals surface area contributed by atoms with E-state index in [1.807, 2.05) is 108 Å². The Balaban J connectivity index is 1.04. The molecule has 5 aromatic heterocycles. The van der Waals surface area contributed by atoms with E-state index in [-0.39, 0.29) is 6.04 Å². The predicted molar refractivity (Wildman–Crippen MR) is 194 cm³/mol. The van der Waals surface area contributed by atoms with Crippen molar-refractivity contribution < 1.29 is 8.83 Å². The highest BCUT2D eigenvalue weighted by Crippen LogP contribution is 2.36. The third-order valence-electron chi connectivity index (χ3n) is 8.50. The molecule has 1 atom stereocenters. The van der Waals surface area contributed by atoms with Gasteiger partial charge in [0.25, 0.3) is 0 Å². The van der Waals surface area contributed by atoms with Crippen LogP contribution in [0.25, 0.3) is 45.4 Å². The first-order valence-electron chi connectivity index (χ1n) is 16.2. The SMILES string of the molecule is C1=CCC(N(c2ccc(-c3nc4cccnc4o3)cc2)c2cnc(N(c3ccccc3)c3ccc(-c4nc5cccnc5o4)cc3)nc2)C=C1. The maximum atomic E-state index is 5.91. The number of aromatic nitrogens is 6. The van der Waals surface area contributed by atoms with Crippen LogP contribution in [0, 0.1) is 0 Å². The number of para-hydroxylation sites is 1. The van der Waals surface area contributed by atoms with Crippen LogP contribution in [0.1, 0.15) is 6.42 Å². The fraction of sp³-hybridized carbons (Fsp3) is 0.0500. The smallest absolute Gasteiger partial charge is 0.247 e. The molecule has 9 rings (SSSR count). The average Bonchev–Trinajstić information content (AvgIpc) is 3.82. The number of hydrogen-bond donors (Lipinski definition) is 0. The topological polar surface area (TPSA) is 110 Å². The number of allylic oxidation sites excluding steroid dienone is 2. The maximum absolute atomic E-state index is 5.91. The van der Waals surface area contributed by atoms with E-state index in [1.165, 1.54) is 0 Å². The molecule has 1 aliphatic carbocycles. The molecule has 0 aliphatic heterocycles. The van der Waals surface area contributed by atoms with Crippen molar-refractivity contribution in [2.75, 3.05) is 9.80 Å². The molecule has 10 heteroatoms. The molecule has 0 amide bonds. The lowest BCUT2D eigenvalue weighted by Crippen LogP contribution is -2.30. The average molecular weight is 653 g/mol. The summed E-state index contributed by atoms with van der Waals surface area (Å²) in [5, 5.41) is 0. The zero-order valence-corrected chi connectivity index (χ0v) is 26.6. The molecular weight excluding hydrogens is 624 g/mol. The Labute approximate surface area is 286 Å². The highest BCUT2D eigenvalue weighted by Gasteiger charge is 2.22. The summed E-state index contributed by atoms with van der Waals surface area (Å²) in [6.07, 6.45) is 16.5. The molecular formula is C40H28N8O2. The van der Waals surface area contributed by atoms with E-state index in [0.717, 1.165) is 51.3 Å². The number of nitrogens with zero attached hydrogens (tertiary/aromatic N) is 8. The fourth-order valence-corrected chi connectivity index (χ4v) is 6.11. The summed E-state index contributed by atoms with van der Waals surface area (Å²) in [6, 6.07) is 33.8. The Bertz CT molecular complexity index is 2400. The van der Waals surface area contributed by atoms with Gasteiger partial charge in [0, 0.05) is 40.6 Å². The van der Waals surface area contributed by atoms with Gasteiger partial charge in [0.15, 0.2) is 0 Å². The van der Waals surface area contributed by atoms with Crippen molar-refractivity contribution >= 4 is 51.2 Å². The standard InChI is InChI=1S/C40H28N8O2/c1-3-9-29(10-4-1)47(31-19-15-27(16-20-31)36-45-34-13-7-23-41-38(34)49-36)33-25-43-40(44-26-33)48(30-11-5-2-6-12-30)32-21-17-28(18-22-32)37-46-35-14-8-24-42-39(35)50-37/h1-9,11-26,29H,10H2. The van der Waals surface area contributed by atoms with Crippen LogP contribution in [0.4, 0.5) is 28.7 Å². The van der Waals surface area contributed by atoms with E-state index < -0.39 is 0 Å². The lowest BCUT2D eigenvalue weighted by atomic mass is 10.0. The van der Waals surface area contributed by atoms with Crippen molar-refractivity contribution in [3.63, 3.8) is 0 Å². The summed E-state index contributed by atoms with van der Waals surface area (Å²) in [5.41, 5.74) is 7.88. The van der Waals surface area contributed by atoms with Gasteiger partial charge in [-0.25, -0.2) is 29.9 Å².